The molecule has 0 bridgehead atoms. The first-order valence-electron chi connectivity index (χ1n) is 11.1. The van der Waals surface area contributed by atoms with Gasteiger partial charge in [-0.15, -0.1) is 0 Å². The first-order chi connectivity index (χ1) is 14.7. The molecule has 1 aromatic rings. The van der Waals surface area contributed by atoms with Crippen LogP contribution in [0.3, 0.4) is 0 Å². The van der Waals surface area contributed by atoms with E-state index in [1.54, 1.807) is 32.9 Å². The molecule has 0 saturated heterocycles. The lowest BCUT2D eigenvalue weighted by Crippen LogP contribution is -2.39. The van der Waals surface area contributed by atoms with E-state index in [1.165, 1.54) is 0 Å². The molecule has 6 nitrogen and oxygen atoms in total. The van der Waals surface area contributed by atoms with Crippen molar-refractivity contribution in [3.05, 3.63) is 35.1 Å². The monoisotopic (exact) mass is 430 g/mol. The minimum Gasteiger partial charge on any atom is -0.492 e. The number of rotatable bonds is 8. The van der Waals surface area contributed by atoms with Crippen molar-refractivity contribution >= 4 is 11.5 Å². The number of allylic oxidation sites excluding steroid dienone is 3. The lowest BCUT2D eigenvalue weighted by molar-refractivity contribution is -0.141. The SMILES string of the molecule is CCCOc1c2c(cc3c1/C(=C/CC(C)C)C=C(C(=O)OCC)O3)O[C@H](C(C)(C)O)C2. The van der Waals surface area contributed by atoms with Gasteiger partial charge in [-0.25, -0.2) is 4.79 Å². The number of fused-ring (bicyclic) bond motifs is 2. The summed E-state index contributed by atoms with van der Waals surface area (Å²) in [5.74, 6) is 1.91. The molecule has 1 N–H and O–H groups in total. The number of hydrogen-bond donors (Lipinski definition) is 1. The summed E-state index contributed by atoms with van der Waals surface area (Å²) >= 11 is 0. The van der Waals surface area contributed by atoms with E-state index in [2.05, 4.69) is 26.8 Å². The van der Waals surface area contributed by atoms with Crippen LogP contribution in [0.4, 0.5) is 0 Å². The van der Waals surface area contributed by atoms with E-state index in [-0.39, 0.29) is 12.4 Å². The number of carbonyl (C=O) groups is 1. The Morgan fingerprint density at radius 2 is 2.06 bits per heavy atom. The Bertz CT molecular complexity index is 888. The third-order valence-corrected chi connectivity index (χ3v) is 5.29. The third-order valence-electron chi connectivity index (χ3n) is 5.29. The zero-order valence-corrected chi connectivity index (χ0v) is 19.4. The minimum atomic E-state index is -1.01. The molecule has 3 rings (SSSR count). The summed E-state index contributed by atoms with van der Waals surface area (Å²) in [5.41, 5.74) is 1.61. The predicted octanol–water partition coefficient (Wildman–Crippen LogP) is 4.82. The normalized spacial score (nSPS) is 18.8. The molecule has 0 spiro atoms. The Hall–Kier alpha value is -2.47. The average molecular weight is 431 g/mol. The van der Waals surface area contributed by atoms with E-state index < -0.39 is 17.7 Å². The number of aliphatic hydroxyl groups is 1. The molecule has 2 heterocycles. The topological polar surface area (TPSA) is 74.2 Å². The van der Waals surface area contributed by atoms with E-state index in [0.29, 0.717) is 36.2 Å². The highest BCUT2D eigenvalue weighted by molar-refractivity contribution is 5.95. The van der Waals surface area contributed by atoms with E-state index in [4.69, 9.17) is 18.9 Å². The molecule has 0 unspecified atom stereocenters. The molecule has 0 aromatic heterocycles. The highest BCUT2D eigenvalue weighted by atomic mass is 16.6. The molecule has 1 atom stereocenters. The van der Waals surface area contributed by atoms with Gasteiger partial charge in [-0.2, -0.15) is 0 Å². The van der Waals surface area contributed by atoms with Gasteiger partial charge in [0, 0.05) is 18.1 Å². The summed E-state index contributed by atoms with van der Waals surface area (Å²) in [6.07, 6.45) is 5.68. The van der Waals surface area contributed by atoms with Gasteiger partial charge in [0.1, 0.15) is 23.4 Å². The van der Waals surface area contributed by atoms with Gasteiger partial charge in [-0.1, -0.05) is 26.8 Å². The van der Waals surface area contributed by atoms with Crippen LogP contribution in [0.5, 0.6) is 17.2 Å². The van der Waals surface area contributed by atoms with Gasteiger partial charge in [0.2, 0.25) is 5.76 Å². The van der Waals surface area contributed by atoms with Gasteiger partial charge in [0.05, 0.1) is 24.4 Å². The summed E-state index contributed by atoms with van der Waals surface area (Å²) in [6.45, 7) is 12.4. The molecule has 2 aliphatic heterocycles. The Morgan fingerprint density at radius 3 is 2.68 bits per heavy atom. The second-order valence-electron chi connectivity index (χ2n) is 8.99. The van der Waals surface area contributed by atoms with Crippen LogP contribution in [-0.4, -0.2) is 36.0 Å². The Balaban J connectivity index is 2.14. The van der Waals surface area contributed by atoms with Crippen molar-refractivity contribution in [2.24, 2.45) is 5.92 Å². The summed E-state index contributed by atoms with van der Waals surface area (Å²) in [4.78, 5) is 12.4. The second-order valence-corrected chi connectivity index (χ2v) is 8.99. The maximum atomic E-state index is 12.4. The molecule has 170 valence electrons. The summed E-state index contributed by atoms with van der Waals surface area (Å²) in [7, 11) is 0. The second kappa shape index (κ2) is 9.35. The van der Waals surface area contributed by atoms with Crippen molar-refractivity contribution in [3.8, 4) is 17.2 Å². The number of ether oxygens (including phenoxy) is 4. The lowest BCUT2D eigenvalue weighted by Gasteiger charge is -2.24. The Kier molecular flexibility index (Phi) is 6.99. The molecular weight excluding hydrogens is 396 g/mol. The quantitative estimate of drug-likeness (QED) is 0.596. The number of hydrogen-bond acceptors (Lipinski definition) is 6. The van der Waals surface area contributed by atoms with Crippen molar-refractivity contribution < 1.29 is 28.8 Å². The van der Waals surface area contributed by atoms with Crippen molar-refractivity contribution in [2.75, 3.05) is 13.2 Å². The molecule has 6 heteroatoms. The molecule has 2 aliphatic rings. The van der Waals surface area contributed by atoms with E-state index >= 15 is 0 Å². The van der Waals surface area contributed by atoms with Gasteiger partial charge in [-0.3, -0.25) is 0 Å². The standard InChI is InChI=1S/C25H34O6/c1-7-11-29-23-17-13-21(25(5,6)27)31-18(17)14-19-22(23)16(10-9-15(3)4)12-20(30-19)24(26)28-8-2/h10,12,14-15,21,27H,7-9,11,13H2,1-6H3/b16-10+/t21-/m0/s1. The molecule has 0 saturated carbocycles. The van der Waals surface area contributed by atoms with Gasteiger partial charge >= 0.3 is 5.97 Å². The zero-order valence-electron chi connectivity index (χ0n) is 19.4. The fourth-order valence-corrected chi connectivity index (χ4v) is 3.63. The van der Waals surface area contributed by atoms with Gasteiger partial charge in [0.25, 0.3) is 0 Å². The maximum Gasteiger partial charge on any atom is 0.374 e. The summed E-state index contributed by atoms with van der Waals surface area (Å²) in [6, 6.07) is 1.80. The van der Waals surface area contributed by atoms with Crippen LogP contribution in [0.2, 0.25) is 0 Å². The maximum absolute atomic E-state index is 12.4. The molecular formula is C25H34O6. The Labute approximate surface area is 184 Å². The van der Waals surface area contributed by atoms with Gasteiger partial charge < -0.3 is 24.1 Å². The highest BCUT2D eigenvalue weighted by Gasteiger charge is 2.39. The fraction of sp³-hybridized carbons (Fsp3) is 0.560. The molecule has 0 aliphatic carbocycles. The van der Waals surface area contributed by atoms with Crippen molar-refractivity contribution in [1.82, 2.24) is 0 Å². The average Bonchev–Trinajstić information content (AvgIpc) is 3.13. The summed E-state index contributed by atoms with van der Waals surface area (Å²) < 4.78 is 23.4. The largest absolute Gasteiger partial charge is 0.492 e. The Morgan fingerprint density at radius 1 is 1.32 bits per heavy atom. The number of carbonyl (C=O) groups excluding carboxylic acids is 1. The van der Waals surface area contributed by atoms with Crippen LogP contribution in [0.1, 0.15) is 65.5 Å². The number of esters is 1. The molecule has 0 fully saturated rings. The molecule has 0 radical (unpaired) electrons. The van der Waals surface area contributed by atoms with Crippen LogP contribution >= 0.6 is 0 Å². The van der Waals surface area contributed by atoms with Crippen LogP contribution < -0.4 is 14.2 Å². The van der Waals surface area contributed by atoms with Crippen LogP contribution in [0.25, 0.3) is 5.57 Å². The van der Waals surface area contributed by atoms with E-state index in [0.717, 1.165) is 29.5 Å². The lowest BCUT2D eigenvalue weighted by atomic mass is 9.92. The van der Waals surface area contributed by atoms with E-state index in [1.807, 2.05) is 0 Å². The first kappa shape index (κ1) is 23.2. The van der Waals surface area contributed by atoms with Crippen molar-refractivity contribution in [1.29, 1.82) is 0 Å². The predicted molar refractivity (Wildman–Crippen MR) is 119 cm³/mol. The first-order valence-corrected chi connectivity index (χ1v) is 11.1. The summed E-state index contributed by atoms with van der Waals surface area (Å²) in [5, 5.41) is 10.5. The zero-order chi connectivity index (χ0) is 22.8. The molecule has 1 aromatic carbocycles. The fourth-order valence-electron chi connectivity index (χ4n) is 3.63. The number of benzene rings is 1. The molecule has 31 heavy (non-hydrogen) atoms. The van der Waals surface area contributed by atoms with Crippen molar-refractivity contribution in [2.45, 2.75) is 72.5 Å². The minimum absolute atomic E-state index is 0.141. The third kappa shape index (κ3) is 5.06. The van der Waals surface area contributed by atoms with E-state index in [9.17, 15) is 9.90 Å². The van der Waals surface area contributed by atoms with Gasteiger partial charge in [-0.05, 0) is 51.2 Å². The van der Waals surface area contributed by atoms with Crippen LogP contribution in [-0.2, 0) is 16.0 Å². The molecule has 0 amide bonds. The van der Waals surface area contributed by atoms with Crippen LogP contribution in [0, 0.1) is 5.92 Å². The van der Waals surface area contributed by atoms with Crippen molar-refractivity contribution in [3.63, 3.8) is 0 Å². The smallest absolute Gasteiger partial charge is 0.374 e. The highest BCUT2D eigenvalue weighted by Crippen LogP contribution is 2.50. The van der Waals surface area contributed by atoms with Crippen LogP contribution in [0.15, 0.2) is 24.0 Å². The van der Waals surface area contributed by atoms with Gasteiger partial charge in [0.15, 0.2) is 0 Å².